The summed E-state index contributed by atoms with van der Waals surface area (Å²) in [5.74, 6) is 0.392. The molecule has 22 heavy (non-hydrogen) atoms. The van der Waals surface area contributed by atoms with Crippen molar-refractivity contribution >= 4 is 17.2 Å². The van der Waals surface area contributed by atoms with Crippen LogP contribution in [0.4, 0.5) is 11.5 Å². The number of hydrogen-bond acceptors (Lipinski definition) is 4. The van der Waals surface area contributed by atoms with E-state index in [0.717, 1.165) is 16.8 Å². The molecule has 2 N–H and O–H groups in total. The number of pyridine rings is 1. The zero-order valence-electron chi connectivity index (χ0n) is 12.5. The number of aromatic nitrogens is 2. The summed E-state index contributed by atoms with van der Waals surface area (Å²) in [4.78, 5) is 17.0. The maximum absolute atomic E-state index is 12.5. The Hall–Kier alpha value is -2.66. The molecule has 0 spiro atoms. The lowest BCUT2D eigenvalue weighted by Gasteiger charge is -2.12. The van der Waals surface area contributed by atoms with E-state index < -0.39 is 0 Å². The second-order valence-electron chi connectivity index (χ2n) is 5.33. The van der Waals surface area contributed by atoms with Gasteiger partial charge in [0.15, 0.2) is 0 Å². The summed E-state index contributed by atoms with van der Waals surface area (Å²) in [6.07, 6.45) is 1.68. The van der Waals surface area contributed by atoms with Crippen LogP contribution in [0.1, 0.15) is 16.7 Å². The Bertz CT molecular complexity index is 900. The predicted octanol–water partition coefficient (Wildman–Crippen LogP) is 2.55. The average Bonchev–Trinajstić information content (AvgIpc) is 2.47. The zero-order valence-corrected chi connectivity index (χ0v) is 12.5. The van der Waals surface area contributed by atoms with Gasteiger partial charge >= 0.3 is 0 Å². The lowest BCUT2D eigenvalue weighted by atomic mass is 10.2. The van der Waals surface area contributed by atoms with Gasteiger partial charge in [0.25, 0.3) is 5.56 Å². The maximum Gasteiger partial charge on any atom is 0.265 e. The highest BCUT2D eigenvalue weighted by molar-refractivity contribution is 5.62. The van der Waals surface area contributed by atoms with Gasteiger partial charge in [-0.15, -0.1) is 0 Å². The normalized spacial score (nSPS) is 10.9. The van der Waals surface area contributed by atoms with E-state index in [1.165, 1.54) is 4.40 Å². The highest BCUT2D eigenvalue weighted by Gasteiger charge is 2.12. The predicted molar refractivity (Wildman–Crippen MR) is 86.6 cm³/mol. The number of hydrogen-bond donors (Lipinski definition) is 2. The van der Waals surface area contributed by atoms with Crippen LogP contribution in [0.25, 0.3) is 5.65 Å². The number of aliphatic hydroxyl groups excluding tert-OH is 1. The van der Waals surface area contributed by atoms with Gasteiger partial charge in [-0.3, -0.25) is 9.20 Å². The maximum atomic E-state index is 12.5. The molecule has 0 saturated heterocycles. The Kier molecular flexibility index (Phi) is 3.65. The minimum absolute atomic E-state index is 0.253. The summed E-state index contributed by atoms with van der Waals surface area (Å²) in [6, 6.07) is 11.4. The van der Waals surface area contributed by atoms with Crippen LogP contribution in [0.3, 0.4) is 0 Å². The van der Waals surface area contributed by atoms with Gasteiger partial charge < -0.3 is 10.4 Å². The fourth-order valence-electron chi connectivity index (χ4n) is 2.38. The summed E-state index contributed by atoms with van der Waals surface area (Å²) in [6.45, 7) is 3.57. The number of aryl methyl sites for hydroxylation is 2. The van der Waals surface area contributed by atoms with Gasteiger partial charge in [0, 0.05) is 11.9 Å². The first-order valence-corrected chi connectivity index (χ1v) is 7.05. The molecule has 3 rings (SSSR count). The molecule has 2 heterocycles. The van der Waals surface area contributed by atoms with Crippen LogP contribution in [0, 0.1) is 13.8 Å². The molecular weight excluding hydrogens is 278 g/mol. The Morgan fingerprint density at radius 2 is 1.95 bits per heavy atom. The Labute approximate surface area is 127 Å². The quantitative estimate of drug-likeness (QED) is 0.779. The van der Waals surface area contributed by atoms with Crippen molar-refractivity contribution in [3.05, 3.63) is 69.6 Å². The van der Waals surface area contributed by atoms with E-state index in [-0.39, 0.29) is 17.7 Å². The molecule has 0 bridgehead atoms. The third-order valence-corrected chi connectivity index (χ3v) is 3.52. The Morgan fingerprint density at radius 3 is 2.68 bits per heavy atom. The third-order valence-electron chi connectivity index (χ3n) is 3.52. The van der Waals surface area contributed by atoms with Crippen molar-refractivity contribution in [1.82, 2.24) is 9.38 Å². The highest BCUT2D eigenvalue weighted by Crippen LogP contribution is 2.19. The van der Waals surface area contributed by atoms with Crippen molar-refractivity contribution in [2.24, 2.45) is 0 Å². The molecular formula is C17H17N3O2. The highest BCUT2D eigenvalue weighted by atomic mass is 16.3. The molecule has 2 aromatic heterocycles. The first kappa shape index (κ1) is 14.3. The van der Waals surface area contributed by atoms with Crippen molar-refractivity contribution in [2.45, 2.75) is 20.5 Å². The molecule has 0 fully saturated rings. The average molecular weight is 295 g/mol. The van der Waals surface area contributed by atoms with Gasteiger partial charge in [0.1, 0.15) is 11.5 Å². The summed E-state index contributed by atoms with van der Waals surface area (Å²) >= 11 is 0. The standard InChI is InChI=1S/C17H17N3O2/c1-11-4-3-5-13(8-11)18-16-14(10-21)17(22)20-7-6-12(2)9-15(20)19-16/h3-9,18,21H,10H2,1-2H3. The van der Waals surface area contributed by atoms with E-state index in [9.17, 15) is 9.90 Å². The fourth-order valence-corrected chi connectivity index (χ4v) is 2.38. The molecule has 0 aliphatic rings. The van der Waals surface area contributed by atoms with E-state index in [4.69, 9.17) is 0 Å². The molecule has 0 saturated carbocycles. The van der Waals surface area contributed by atoms with Crippen molar-refractivity contribution < 1.29 is 5.11 Å². The number of anilines is 2. The lowest BCUT2D eigenvalue weighted by Crippen LogP contribution is -2.22. The molecule has 0 aliphatic heterocycles. The van der Waals surface area contributed by atoms with E-state index in [1.807, 2.05) is 50.2 Å². The van der Waals surface area contributed by atoms with E-state index >= 15 is 0 Å². The molecule has 1 aromatic carbocycles. The molecule has 0 radical (unpaired) electrons. The topological polar surface area (TPSA) is 66.6 Å². The summed E-state index contributed by atoms with van der Waals surface area (Å²) in [5.41, 5.74) is 3.50. The van der Waals surface area contributed by atoms with Gasteiger partial charge in [0.05, 0.1) is 12.2 Å². The molecule has 0 atom stereocenters. The van der Waals surface area contributed by atoms with Crippen LogP contribution in [-0.4, -0.2) is 14.5 Å². The van der Waals surface area contributed by atoms with Gasteiger partial charge in [-0.25, -0.2) is 4.98 Å². The molecule has 0 aliphatic carbocycles. The largest absolute Gasteiger partial charge is 0.391 e. The molecule has 5 nitrogen and oxygen atoms in total. The van der Waals surface area contributed by atoms with Gasteiger partial charge in [-0.2, -0.15) is 0 Å². The Balaban J connectivity index is 2.17. The first-order valence-electron chi connectivity index (χ1n) is 7.05. The van der Waals surface area contributed by atoms with Crippen LogP contribution in [0.15, 0.2) is 47.4 Å². The van der Waals surface area contributed by atoms with Crippen LogP contribution < -0.4 is 10.9 Å². The second kappa shape index (κ2) is 5.61. The van der Waals surface area contributed by atoms with E-state index in [1.54, 1.807) is 6.20 Å². The lowest BCUT2D eigenvalue weighted by molar-refractivity contribution is 0.280. The second-order valence-corrected chi connectivity index (χ2v) is 5.33. The molecule has 0 unspecified atom stereocenters. The number of aliphatic hydroxyl groups is 1. The first-order chi connectivity index (χ1) is 10.6. The smallest absolute Gasteiger partial charge is 0.265 e. The van der Waals surface area contributed by atoms with Crippen molar-refractivity contribution in [3.63, 3.8) is 0 Å². The van der Waals surface area contributed by atoms with Crippen LogP contribution in [-0.2, 0) is 6.61 Å². The molecule has 5 heteroatoms. The number of fused-ring (bicyclic) bond motifs is 1. The number of nitrogens with one attached hydrogen (secondary N) is 1. The number of benzene rings is 1. The Morgan fingerprint density at radius 1 is 1.18 bits per heavy atom. The minimum atomic E-state index is -0.364. The van der Waals surface area contributed by atoms with E-state index in [0.29, 0.717) is 11.5 Å². The van der Waals surface area contributed by atoms with Crippen molar-refractivity contribution in [2.75, 3.05) is 5.32 Å². The van der Waals surface area contributed by atoms with E-state index in [2.05, 4.69) is 10.3 Å². The fraction of sp³-hybridized carbons (Fsp3) is 0.176. The van der Waals surface area contributed by atoms with Crippen LogP contribution in [0.2, 0.25) is 0 Å². The van der Waals surface area contributed by atoms with Gasteiger partial charge in [-0.05, 0) is 49.2 Å². The monoisotopic (exact) mass is 295 g/mol. The zero-order chi connectivity index (χ0) is 15.7. The minimum Gasteiger partial charge on any atom is -0.391 e. The molecule has 112 valence electrons. The SMILES string of the molecule is Cc1cccc(Nc2nc3cc(C)ccn3c(=O)c2CO)c1. The van der Waals surface area contributed by atoms with Crippen LogP contribution >= 0.6 is 0 Å². The number of nitrogens with zero attached hydrogens (tertiary/aromatic N) is 2. The number of rotatable bonds is 3. The van der Waals surface area contributed by atoms with Gasteiger partial charge in [-0.1, -0.05) is 12.1 Å². The summed E-state index contributed by atoms with van der Waals surface area (Å²) < 4.78 is 1.44. The summed E-state index contributed by atoms with van der Waals surface area (Å²) in [7, 11) is 0. The third kappa shape index (κ3) is 2.58. The molecule has 0 amide bonds. The van der Waals surface area contributed by atoms with Gasteiger partial charge in [0.2, 0.25) is 0 Å². The van der Waals surface area contributed by atoms with Crippen molar-refractivity contribution in [1.29, 1.82) is 0 Å². The van der Waals surface area contributed by atoms with Crippen molar-refractivity contribution in [3.8, 4) is 0 Å². The summed E-state index contributed by atoms with van der Waals surface area (Å²) in [5, 5.41) is 12.7. The molecule has 3 aromatic rings. The van der Waals surface area contributed by atoms with Crippen LogP contribution in [0.5, 0.6) is 0 Å².